The molecule has 2 rings (SSSR count). The van der Waals surface area contributed by atoms with Gasteiger partial charge in [0, 0.05) is 18.0 Å². The highest BCUT2D eigenvalue weighted by Gasteiger charge is 2.26. The van der Waals surface area contributed by atoms with Gasteiger partial charge >= 0.3 is 0 Å². The van der Waals surface area contributed by atoms with E-state index in [1.165, 1.54) is 19.2 Å². The lowest BCUT2D eigenvalue weighted by molar-refractivity contribution is 0.0657. The number of halogens is 1. The molecule has 2 aromatic rings. The van der Waals surface area contributed by atoms with Gasteiger partial charge in [-0.25, -0.2) is 13.1 Å². The van der Waals surface area contributed by atoms with Crippen LogP contribution >= 0.6 is 11.6 Å². The molecule has 0 amide bonds. The Morgan fingerprint density at radius 3 is 2.35 bits per heavy atom. The first kappa shape index (κ1) is 20.5. The van der Waals surface area contributed by atoms with E-state index in [9.17, 15) is 13.5 Å². The largest absolute Gasteiger partial charge is 0.497 e. The Kier molecular flexibility index (Phi) is 6.52. The molecule has 0 aliphatic carbocycles. The third-order valence-corrected chi connectivity index (χ3v) is 5.46. The van der Waals surface area contributed by atoms with E-state index in [4.69, 9.17) is 21.1 Å². The Hall–Kier alpha value is -1.80. The standard InChI is InChI=1S/C18H22ClNO5S/c1-18(21,11-13-4-7-15(24-2)8-5-13)12-20-26(22,23)17-10-14(19)6-9-16(17)25-3/h4-10,20-21H,11-12H2,1-3H3. The second-order valence-corrected chi connectivity index (χ2v) is 8.31. The van der Waals surface area contributed by atoms with E-state index in [2.05, 4.69) is 4.72 Å². The number of benzene rings is 2. The maximum absolute atomic E-state index is 12.6. The summed E-state index contributed by atoms with van der Waals surface area (Å²) in [5, 5.41) is 10.8. The number of hydrogen-bond donors (Lipinski definition) is 2. The number of hydrogen-bond acceptors (Lipinski definition) is 5. The molecule has 0 aliphatic heterocycles. The lowest BCUT2D eigenvalue weighted by Crippen LogP contribution is -2.42. The molecule has 0 saturated heterocycles. The van der Waals surface area contributed by atoms with Crippen LogP contribution in [0, 0.1) is 0 Å². The number of methoxy groups -OCH3 is 2. The Bertz CT molecular complexity index is 850. The number of sulfonamides is 1. The van der Waals surface area contributed by atoms with Gasteiger partial charge in [0.1, 0.15) is 16.4 Å². The van der Waals surface area contributed by atoms with Gasteiger partial charge in [0.05, 0.1) is 19.8 Å². The molecule has 2 N–H and O–H groups in total. The molecular formula is C18H22ClNO5S. The Balaban J connectivity index is 2.11. The summed E-state index contributed by atoms with van der Waals surface area (Å²) >= 11 is 5.89. The van der Waals surface area contributed by atoms with Crippen LogP contribution in [-0.4, -0.2) is 39.9 Å². The molecule has 142 valence electrons. The van der Waals surface area contributed by atoms with Crippen LogP contribution in [-0.2, 0) is 16.4 Å². The zero-order valence-electron chi connectivity index (χ0n) is 14.8. The summed E-state index contributed by atoms with van der Waals surface area (Å²) in [6, 6.07) is 11.5. The highest BCUT2D eigenvalue weighted by atomic mass is 35.5. The van der Waals surface area contributed by atoms with Crippen molar-refractivity contribution in [1.82, 2.24) is 4.72 Å². The first-order chi connectivity index (χ1) is 12.2. The number of rotatable bonds is 8. The van der Waals surface area contributed by atoms with Crippen LogP contribution < -0.4 is 14.2 Å². The molecule has 0 aromatic heterocycles. The Morgan fingerprint density at radius 1 is 1.12 bits per heavy atom. The van der Waals surface area contributed by atoms with Gasteiger partial charge in [-0.15, -0.1) is 0 Å². The first-order valence-electron chi connectivity index (χ1n) is 7.85. The molecule has 2 aromatic carbocycles. The molecule has 0 spiro atoms. The van der Waals surface area contributed by atoms with Crippen molar-refractivity contribution in [3.05, 3.63) is 53.1 Å². The molecule has 0 saturated carbocycles. The van der Waals surface area contributed by atoms with E-state index in [1.54, 1.807) is 32.2 Å². The van der Waals surface area contributed by atoms with Gasteiger partial charge in [-0.3, -0.25) is 0 Å². The number of aliphatic hydroxyl groups is 1. The van der Waals surface area contributed by atoms with Crippen molar-refractivity contribution in [2.45, 2.75) is 23.8 Å². The summed E-state index contributed by atoms with van der Waals surface area (Å²) in [6.45, 7) is 1.39. The highest BCUT2D eigenvalue weighted by Crippen LogP contribution is 2.27. The van der Waals surface area contributed by atoms with E-state index in [0.717, 1.165) is 5.56 Å². The van der Waals surface area contributed by atoms with Crippen LogP contribution in [0.15, 0.2) is 47.4 Å². The van der Waals surface area contributed by atoms with Gasteiger partial charge in [-0.05, 0) is 42.8 Å². The topological polar surface area (TPSA) is 84.9 Å². The van der Waals surface area contributed by atoms with Crippen molar-refractivity contribution >= 4 is 21.6 Å². The predicted octanol–water partition coefficient (Wildman–Crippen LogP) is 2.63. The number of ether oxygens (including phenoxy) is 2. The van der Waals surface area contributed by atoms with Crippen LogP contribution in [0.2, 0.25) is 5.02 Å². The first-order valence-corrected chi connectivity index (χ1v) is 9.71. The smallest absolute Gasteiger partial charge is 0.244 e. The van der Waals surface area contributed by atoms with Crippen LogP contribution in [0.5, 0.6) is 11.5 Å². The lowest BCUT2D eigenvalue weighted by atomic mass is 9.97. The van der Waals surface area contributed by atoms with Gasteiger partial charge in [0.25, 0.3) is 0 Å². The summed E-state index contributed by atoms with van der Waals surface area (Å²) in [5.74, 6) is 0.888. The summed E-state index contributed by atoms with van der Waals surface area (Å²) in [6.07, 6.45) is 0.270. The second kappa shape index (κ2) is 8.26. The normalized spacial score (nSPS) is 13.9. The molecule has 6 nitrogen and oxygen atoms in total. The van der Waals surface area contributed by atoms with Crippen molar-refractivity contribution in [2.24, 2.45) is 0 Å². The van der Waals surface area contributed by atoms with E-state index in [0.29, 0.717) is 5.75 Å². The monoisotopic (exact) mass is 399 g/mol. The van der Waals surface area contributed by atoms with Crippen molar-refractivity contribution in [3.63, 3.8) is 0 Å². The average Bonchev–Trinajstić information content (AvgIpc) is 2.60. The average molecular weight is 400 g/mol. The molecule has 26 heavy (non-hydrogen) atoms. The van der Waals surface area contributed by atoms with Gasteiger partial charge in [0.15, 0.2) is 0 Å². The second-order valence-electron chi connectivity index (χ2n) is 6.14. The van der Waals surface area contributed by atoms with Crippen molar-refractivity contribution in [2.75, 3.05) is 20.8 Å². The third kappa shape index (κ3) is 5.35. The van der Waals surface area contributed by atoms with E-state index < -0.39 is 15.6 Å². The van der Waals surface area contributed by atoms with E-state index in [-0.39, 0.29) is 28.6 Å². The molecular weight excluding hydrogens is 378 g/mol. The van der Waals surface area contributed by atoms with Gasteiger partial charge < -0.3 is 14.6 Å². The molecule has 1 unspecified atom stereocenters. The van der Waals surface area contributed by atoms with Crippen molar-refractivity contribution in [1.29, 1.82) is 0 Å². The van der Waals surface area contributed by atoms with Crippen LogP contribution in [0.4, 0.5) is 0 Å². The summed E-state index contributed by atoms with van der Waals surface area (Å²) in [4.78, 5) is -0.0762. The SMILES string of the molecule is COc1ccc(CC(C)(O)CNS(=O)(=O)c2cc(Cl)ccc2OC)cc1. The number of nitrogens with one attached hydrogen (secondary N) is 1. The van der Waals surface area contributed by atoms with Crippen LogP contribution in [0.1, 0.15) is 12.5 Å². The highest BCUT2D eigenvalue weighted by molar-refractivity contribution is 7.89. The quantitative estimate of drug-likeness (QED) is 0.712. The van der Waals surface area contributed by atoms with E-state index >= 15 is 0 Å². The molecule has 0 bridgehead atoms. The fourth-order valence-electron chi connectivity index (χ4n) is 2.43. The molecule has 0 heterocycles. The molecule has 8 heteroatoms. The molecule has 1 atom stereocenters. The fraction of sp³-hybridized carbons (Fsp3) is 0.333. The van der Waals surface area contributed by atoms with Crippen LogP contribution in [0.25, 0.3) is 0 Å². The van der Waals surface area contributed by atoms with Gasteiger partial charge in [0.2, 0.25) is 10.0 Å². The minimum absolute atomic E-state index is 0.0762. The summed E-state index contributed by atoms with van der Waals surface area (Å²) < 4.78 is 37.7. The van der Waals surface area contributed by atoms with Gasteiger partial charge in [-0.1, -0.05) is 23.7 Å². The predicted molar refractivity (Wildman–Crippen MR) is 101 cm³/mol. The zero-order valence-corrected chi connectivity index (χ0v) is 16.4. The lowest BCUT2D eigenvalue weighted by Gasteiger charge is -2.24. The molecule has 0 radical (unpaired) electrons. The Morgan fingerprint density at radius 2 is 1.77 bits per heavy atom. The zero-order chi connectivity index (χ0) is 19.4. The summed E-state index contributed by atoms with van der Waals surface area (Å²) in [7, 11) is -0.951. The Labute approximate surface area is 158 Å². The minimum Gasteiger partial charge on any atom is -0.497 e. The minimum atomic E-state index is -3.90. The van der Waals surface area contributed by atoms with Gasteiger partial charge in [-0.2, -0.15) is 0 Å². The van der Waals surface area contributed by atoms with E-state index in [1.807, 2.05) is 12.1 Å². The van der Waals surface area contributed by atoms with Crippen molar-refractivity contribution < 1.29 is 23.0 Å². The fourth-order valence-corrected chi connectivity index (χ4v) is 4.03. The maximum Gasteiger partial charge on any atom is 0.244 e. The summed E-state index contributed by atoms with van der Waals surface area (Å²) in [5.41, 5.74) is -0.427. The molecule has 0 aliphatic rings. The maximum atomic E-state index is 12.6. The van der Waals surface area contributed by atoms with Crippen LogP contribution in [0.3, 0.4) is 0 Å². The third-order valence-electron chi connectivity index (χ3n) is 3.80. The molecule has 0 fully saturated rings. The van der Waals surface area contributed by atoms with Crippen molar-refractivity contribution in [3.8, 4) is 11.5 Å².